The number of nitrogen functional groups attached to an aromatic ring is 1. The summed E-state index contributed by atoms with van der Waals surface area (Å²) in [5.41, 5.74) is 3.21. The summed E-state index contributed by atoms with van der Waals surface area (Å²) in [5, 5.41) is 6.94. The van der Waals surface area contributed by atoms with E-state index in [0.29, 0.717) is 23.9 Å². The molecule has 0 fully saturated rings. The fourth-order valence-corrected chi connectivity index (χ4v) is 1.47. The number of nitrogens with zero attached hydrogens (tertiary/aromatic N) is 3. The lowest BCUT2D eigenvalue weighted by atomic mass is 10.3. The van der Waals surface area contributed by atoms with Gasteiger partial charge in [0.1, 0.15) is 17.8 Å². The third kappa shape index (κ3) is 2.48. The second-order valence-electron chi connectivity index (χ2n) is 3.53. The molecule has 0 atom stereocenters. The first-order chi connectivity index (χ1) is 8.74. The third-order valence-electron chi connectivity index (χ3n) is 2.26. The molecule has 8 heteroatoms. The van der Waals surface area contributed by atoms with Crippen molar-refractivity contribution in [3.05, 3.63) is 23.8 Å². The largest absolute Gasteiger partial charge is 0.490 e. The summed E-state index contributed by atoms with van der Waals surface area (Å²) in [6, 6.07) is 1.84. The monoisotopic (exact) mass is 250 g/mol. The molecule has 0 saturated carbocycles. The molecule has 2 rings (SSSR count). The molecule has 2 aromatic rings. The van der Waals surface area contributed by atoms with E-state index in [2.05, 4.69) is 25.9 Å². The molecular weight excluding hydrogens is 236 g/mol. The molecule has 0 radical (unpaired) electrons. The Morgan fingerprint density at radius 3 is 2.78 bits per heavy atom. The van der Waals surface area contributed by atoms with Crippen LogP contribution in [0.4, 0.5) is 11.6 Å². The van der Waals surface area contributed by atoms with Crippen molar-refractivity contribution >= 4 is 11.6 Å². The molecule has 2 aromatic heterocycles. The van der Waals surface area contributed by atoms with Crippen molar-refractivity contribution in [3.8, 4) is 5.75 Å². The van der Waals surface area contributed by atoms with Gasteiger partial charge in [-0.3, -0.25) is 0 Å². The lowest BCUT2D eigenvalue weighted by Crippen LogP contribution is -2.12. The number of ether oxygens (including phenoxy) is 1. The summed E-state index contributed by atoms with van der Waals surface area (Å²) in [7, 11) is 1.52. The van der Waals surface area contributed by atoms with Crippen molar-refractivity contribution in [3.63, 3.8) is 0 Å². The standard InChI is InChI=1S/C10H14N6O2/c1-6-3-7(16-18-6)4-12-9-8(17-2)10(15-11)14-5-13-9/h3,5H,4,11H2,1-2H3,(H2,12,13,14,15). The Morgan fingerprint density at radius 1 is 1.39 bits per heavy atom. The Morgan fingerprint density at radius 2 is 2.17 bits per heavy atom. The van der Waals surface area contributed by atoms with Crippen LogP contribution >= 0.6 is 0 Å². The van der Waals surface area contributed by atoms with Gasteiger partial charge in [0.25, 0.3) is 0 Å². The third-order valence-corrected chi connectivity index (χ3v) is 2.26. The second kappa shape index (κ2) is 5.32. The Kier molecular flexibility index (Phi) is 3.58. The van der Waals surface area contributed by atoms with E-state index in [1.165, 1.54) is 13.4 Å². The average Bonchev–Trinajstić information content (AvgIpc) is 2.81. The fourth-order valence-electron chi connectivity index (χ4n) is 1.47. The van der Waals surface area contributed by atoms with E-state index >= 15 is 0 Å². The maximum atomic E-state index is 5.33. The molecule has 0 spiro atoms. The van der Waals surface area contributed by atoms with Crippen LogP contribution in [0.5, 0.6) is 5.75 Å². The molecule has 0 aromatic carbocycles. The molecule has 96 valence electrons. The Labute approximate surface area is 104 Å². The Balaban J connectivity index is 2.13. The van der Waals surface area contributed by atoms with Gasteiger partial charge >= 0.3 is 0 Å². The van der Waals surface area contributed by atoms with Crippen molar-refractivity contribution in [1.29, 1.82) is 0 Å². The molecule has 4 N–H and O–H groups in total. The SMILES string of the molecule is COc1c(NN)ncnc1NCc1cc(C)on1. The van der Waals surface area contributed by atoms with Crippen LogP contribution in [-0.2, 0) is 6.54 Å². The molecule has 0 bridgehead atoms. The average molecular weight is 250 g/mol. The predicted octanol–water partition coefficient (Wildman–Crippen LogP) is 0.679. The molecule has 18 heavy (non-hydrogen) atoms. The van der Waals surface area contributed by atoms with E-state index in [1.807, 2.05) is 13.0 Å². The molecule has 0 unspecified atom stereocenters. The van der Waals surface area contributed by atoms with E-state index < -0.39 is 0 Å². The highest BCUT2D eigenvalue weighted by Crippen LogP contribution is 2.28. The van der Waals surface area contributed by atoms with E-state index in [0.717, 1.165) is 11.5 Å². The lowest BCUT2D eigenvalue weighted by molar-refractivity contribution is 0.391. The van der Waals surface area contributed by atoms with Crippen LogP contribution in [0.25, 0.3) is 0 Å². The van der Waals surface area contributed by atoms with Gasteiger partial charge in [0.05, 0.1) is 13.7 Å². The first-order valence-electron chi connectivity index (χ1n) is 5.26. The van der Waals surface area contributed by atoms with Crippen LogP contribution in [0.3, 0.4) is 0 Å². The number of rotatable bonds is 5. The van der Waals surface area contributed by atoms with Gasteiger partial charge in [0, 0.05) is 6.07 Å². The quantitative estimate of drug-likeness (QED) is 0.524. The number of aryl methyl sites for hydroxylation is 1. The van der Waals surface area contributed by atoms with Gasteiger partial charge < -0.3 is 20.0 Å². The molecule has 0 aliphatic heterocycles. The zero-order valence-corrected chi connectivity index (χ0v) is 10.1. The summed E-state index contributed by atoms with van der Waals surface area (Å²) >= 11 is 0. The van der Waals surface area contributed by atoms with Gasteiger partial charge in [-0.25, -0.2) is 15.8 Å². The second-order valence-corrected chi connectivity index (χ2v) is 3.53. The highest BCUT2D eigenvalue weighted by molar-refractivity contribution is 5.62. The van der Waals surface area contributed by atoms with E-state index in [9.17, 15) is 0 Å². The number of anilines is 2. The van der Waals surface area contributed by atoms with E-state index in [4.69, 9.17) is 15.1 Å². The Bertz CT molecular complexity index is 527. The molecule has 8 nitrogen and oxygen atoms in total. The van der Waals surface area contributed by atoms with Crippen LogP contribution < -0.4 is 21.3 Å². The fraction of sp³-hybridized carbons (Fsp3) is 0.300. The highest BCUT2D eigenvalue weighted by Gasteiger charge is 2.11. The Hall–Kier alpha value is -2.35. The van der Waals surface area contributed by atoms with Gasteiger partial charge in [0.2, 0.25) is 5.75 Å². The minimum Gasteiger partial charge on any atom is -0.490 e. The van der Waals surface area contributed by atoms with Crippen molar-refractivity contribution in [2.75, 3.05) is 17.9 Å². The van der Waals surface area contributed by atoms with Crippen molar-refractivity contribution in [2.45, 2.75) is 13.5 Å². The number of hydrogen-bond acceptors (Lipinski definition) is 8. The summed E-state index contributed by atoms with van der Waals surface area (Å²) < 4.78 is 10.2. The number of aromatic nitrogens is 3. The van der Waals surface area contributed by atoms with E-state index in [-0.39, 0.29) is 0 Å². The zero-order chi connectivity index (χ0) is 13.0. The maximum Gasteiger partial charge on any atom is 0.205 e. The van der Waals surface area contributed by atoms with Crippen LogP contribution in [0, 0.1) is 6.92 Å². The minimum atomic E-state index is 0.409. The van der Waals surface area contributed by atoms with Gasteiger partial charge in [-0.15, -0.1) is 0 Å². The van der Waals surface area contributed by atoms with Gasteiger partial charge in [-0.05, 0) is 6.92 Å². The molecule has 2 heterocycles. The summed E-state index contributed by atoms with van der Waals surface area (Å²) in [4.78, 5) is 8.02. The van der Waals surface area contributed by atoms with Crippen LogP contribution in [0.1, 0.15) is 11.5 Å². The number of nitrogens with one attached hydrogen (secondary N) is 2. The van der Waals surface area contributed by atoms with E-state index in [1.54, 1.807) is 0 Å². The van der Waals surface area contributed by atoms with Crippen LogP contribution in [-0.4, -0.2) is 22.2 Å². The number of methoxy groups -OCH3 is 1. The lowest BCUT2D eigenvalue weighted by Gasteiger charge is -2.11. The van der Waals surface area contributed by atoms with Gasteiger partial charge in [-0.1, -0.05) is 5.16 Å². The smallest absolute Gasteiger partial charge is 0.205 e. The zero-order valence-electron chi connectivity index (χ0n) is 10.1. The normalized spacial score (nSPS) is 10.2. The predicted molar refractivity (Wildman–Crippen MR) is 65.0 cm³/mol. The molecule has 0 saturated heterocycles. The summed E-state index contributed by atoms with van der Waals surface area (Å²) in [6.07, 6.45) is 1.38. The number of hydrazine groups is 1. The topological polar surface area (TPSA) is 111 Å². The van der Waals surface area contributed by atoms with Gasteiger partial charge in [-0.2, -0.15) is 0 Å². The molecule has 0 aliphatic rings. The summed E-state index contributed by atoms with van der Waals surface area (Å²) in [6.45, 7) is 2.30. The first-order valence-corrected chi connectivity index (χ1v) is 5.26. The molecule has 0 amide bonds. The summed E-state index contributed by atoms with van der Waals surface area (Å²) in [5.74, 6) is 7.47. The number of nitrogens with two attached hydrogens (primary N) is 1. The van der Waals surface area contributed by atoms with Crippen molar-refractivity contribution < 1.29 is 9.26 Å². The maximum absolute atomic E-state index is 5.33. The minimum absolute atomic E-state index is 0.409. The first kappa shape index (κ1) is 12.1. The van der Waals surface area contributed by atoms with Crippen molar-refractivity contribution in [1.82, 2.24) is 15.1 Å². The van der Waals surface area contributed by atoms with Crippen LogP contribution in [0.15, 0.2) is 16.9 Å². The molecular formula is C10H14N6O2. The van der Waals surface area contributed by atoms with Crippen molar-refractivity contribution in [2.24, 2.45) is 5.84 Å². The van der Waals surface area contributed by atoms with Gasteiger partial charge in [0.15, 0.2) is 11.6 Å². The highest BCUT2D eigenvalue weighted by atomic mass is 16.5. The molecule has 0 aliphatic carbocycles. The number of hydrogen-bond donors (Lipinski definition) is 3. The van der Waals surface area contributed by atoms with Crippen LogP contribution in [0.2, 0.25) is 0 Å².